The Balaban J connectivity index is 2.15. The molecule has 1 heterocycles. The lowest BCUT2D eigenvalue weighted by Gasteiger charge is -2.33. The number of nitrogens with zero attached hydrogens (tertiary/aromatic N) is 1. The van der Waals surface area contributed by atoms with Crippen molar-refractivity contribution in [2.45, 2.75) is 45.3 Å². The molecular formula is C18H26N2O3. The molecule has 1 fully saturated rings. The first-order valence-electron chi connectivity index (χ1n) is 8.28. The lowest BCUT2D eigenvalue weighted by atomic mass is 10.0. The van der Waals surface area contributed by atoms with Crippen molar-refractivity contribution in [3.63, 3.8) is 0 Å². The monoisotopic (exact) mass is 318 g/mol. The normalized spacial score (nSPS) is 19.5. The fraction of sp³-hybridized carbons (Fsp3) is 0.556. The van der Waals surface area contributed by atoms with Crippen molar-refractivity contribution in [3.05, 3.63) is 35.9 Å². The van der Waals surface area contributed by atoms with Crippen LogP contribution in [0.4, 0.5) is 0 Å². The first kappa shape index (κ1) is 17.5. The Morgan fingerprint density at radius 1 is 1.30 bits per heavy atom. The number of rotatable bonds is 5. The van der Waals surface area contributed by atoms with E-state index in [1.54, 1.807) is 4.90 Å². The molecule has 1 aromatic carbocycles. The number of amides is 2. The van der Waals surface area contributed by atoms with E-state index < -0.39 is 12.1 Å². The van der Waals surface area contributed by atoms with Gasteiger partial charge in [-0.05, 0) is 24.3 Å². The molecule has 0 bridgehead atoms. The zero-order valence-corrected chi connectivity index (χ0v) is 13.9. The molecule has 2 unspecified atom stereocenters. The summed E-state index contributed by atoms with van der Waals surface area (Å²) in [5, 5.41) is 12.7. The third-order valence-electron chi connectivity index (χ3n) is 3.99. The second-order valence-electron chi connectivity index (χ2n) is 6.59. The van der Waals surface area contributed by atoms with Gasteiger partial charge in [0.05, 0.1) is 6.10 Å². The van der Waals surface area contributed by atoms with Crippen LogP contribution < -0.4 is 5.32 Å². The summed E-state index contributed by atoms with van der Waals surface area (Å²) >= 11 is 0. The van der Waals surface area contributed by atoms with Crippen molar-refractivity contribution in [2.24, 2.45) is 5.92 Å². The van der Waals surface area contributed by atoms with Crippen molar-refractivity contribution in [1.82, 2.24) is 10.2 Å². The predicted octanol–water partition coefficient (Wildman–Crippen LogP) is 1.87. The number of aliphatic hydroxyl groups is 1. The summed E-state index contributed by atoms with van der Waals surface area (Å²) in [6.07, 6.45) is 1.42. The molecule has 1 aliphatic heterocycles. The minimum Gasteiger partial charge on any atom is -0.391 e. The van der Waals surface area contributed by atoms with E-state index in [2.05, 4.69) is 5.32 Å². The molecule has 5 heteroatoms. The van der Waals surface area contributed by atoms with E-state index in [4.69, 9.17) is 0 Å². The molecule has 23 heavy (non-hydrogen) atoms. The van der Waals surface area contributed by atoms with E-state index >= 15 is 0 Å². The average molecular weight is 318 g/mol. The van der Waals surface area contributed by atoms with Crippen molar-refractivity contribution >= 4 is 11.8 Å². The Bertz CT molecular complexity index is 530. The van der Waals surface area contributed by atoms with Gasteiger partial charge in [0, 0.05) is 19.5 Å². The van der Waals surface area contributed by atoms with Crippen molar-refractivity contribution in [1.29, 1.82) is 0 Å². The highest BCUT2D eigenvalue weighted by atomic mass is 16.3. The molecule has 2 rings (SSSR count). The number of piperidine rings is 1. The quantitative estimate of drug-likeness (QED) is 0.871. The summed E-state index contributed by atoms with van der Waals surface area (Å²) in [5.74, 6) is -0.0369. The molecule has 2 atom stereocenters. The van der Waals surface area contributed by atoms with Gasteiger partial charge in [-0.15, -0.1) is 0 Å². The molecule has 2 amide bonds. The Kier molecular flexibility index (Phi) is 6.16. The average Bonchev–Trinajstić information content (AvgIpc) is 2.52. The highest BCUT2D eigenvalue weighted by Gasteiger charge is 2.30. The maximum absolute atomic E-state index is 12.9. The molecule has 0 radical (unpaired) electrons. The van der Waals surface area contributed by atoms with Crippen LogP contribution in [0.5, 0.6) is 0 Å². The van der Waals surface area contributed by atoms with Crippen LogP contribution >= 0.6 is 0 Å². The number of aliphatic hydroxyl groups excluding tert-OH is 1. The molecule has 0 saturated carbocycles. The smallest absolute Gasteiger partial charge is 0.249 e. The van der Waals surface area contributed by atoms with Crippen LogP contribution in [0.15, 0.2) is 30.3 Å². The summed E-state index contributed by atoms with van der Waals surface area (Å²) in [5.41, 5.74) is 0.773. The van der Waals surface area contributed by atoms with Gasteiger partial charge in [0.25, 0.3) is 0 Å². The molecule has 0 aromatic heterocycles. The third kappa shape index (κ3) is 5.06. The van der Waals surface area contributed by atoms with Crippen LogP contribution in [0.1, 0.15) is 44.7 Å². The largest absolute Gasteiger partial charge is 0.391 e. The van der Waals surface area contributed by atoms with Crippen LogP contribution in [0, 0.1) is 5.92 Å². The highest BCUT2D eigenvalue weighted by molar-refractivity contribution is 5.88. The van der Waals surface area contributed by atoms with Gasteiger partial charge in [0.2, 0.25) is 11.8 Å². The molecule has 126 valence electrons. The second kappa shape index (κ2) is 8.11. The predicted molar refractivity (Wildman–Crippen MR) is 88.6 cm³/mol. The van der Waals surface area contributed by atoms with E-state index in [-0.39, 0.29) is 17.7 Å². The summed E-state index contributed by atoms with van der Waals surface area (Å²) in [7, 11) is 0. The Morgan fingerprint density at radius 2 is 2.00 bits per heavy atom. The number of hydrogen-bond acceptors (Lipinski definition) is 3. The third-order valence-corrected chi connectivity index (χ3v) is 3.99. The molecule has 1 aliphatic rings. The lowest BCUT2D eigenvalue weighted by Crippen LogP contribution is -2.48. The topological polar surface area (TPSA) is 69.6 Å². The van der Waals surface area contributed by atoms with Crippen LogP contribution in [-0.4, -0.2) is 41.0 Å². The first-order chi connectivity index (χ1) is 11.0. The number of nitrogens with one attached hydrogen (secondary N) is 1. The molecule has 0 spiro atoms. The van der Waals surface area contributed by atoms with Gasteiger partial charge in [-0.1, -0.05) is 44.2 Å². The van der Waals surface area contributed by atoms with E-state index in [1.165, 1.54) is 0 Å². The van der Waals surface area contributed by atoms with Gasteiger partial charge in [-0.2, -0.15) is 0 Å². The number of β-amino-alcohol motifs (C(OH)–C–C–N with tert-alkyl or cyclic N) is 1. The maximum Gasteiger partial charge on any atom is 0.249 e. The van der Waals surface area contributed by atoms with Gasteiger partial charge in [-0.25, -0.2) is 0 Å². The standard InChI is InChI=1S/C18H26N2O3/c1-13(2)11-16(22)19-17(14-7-4-3-5-8-14)18(23)20-10-6-9-15(21)12-20/h3-5,7-8,13,15,17,21H,6,9-12H2,1-2H3,(H,19,22). The number of hydrogen-bond donors (Lipinski definition) is 2. The lowest BCUT2D eigenvalue weighted by molar-refractivity contribution is -0.139. The maximum atomic E-state index is 12.9. The van der Waals surface area contributed by atoms with Crippen molar-refractivity contribution in [2.75, 3.05) is 13.1 Å². The summed E-state index contributed by atoms with van der Waals surface area (Å²) < 4.78 is 0. The van der Waals surface area contributed by atoms with E-state index in [0.717, 1.165) is 18.4 Å². The van der Waals surface area contributed by atoms with E-state index in [0.29, 0.717) is 19.5 Å². The van der Waals surface area contributed by atoms with Crippen LogP contribution in [0.3, 0.4) is 0 Å². The fourth-order valence-electron chi connectivity index (χ4n) is 2.86. The summed E-state index contributed by atoms with van der Waals surface area (Å²) in [6, 6.07) is 8.60. The molecule has 0 aliphatic carbocycles. The summed E-state index contributed by atoms with van der Waals surface area (Å²) in [6.45, 7) is 4.90. The van der Waals surface area contributed by atoms with Gasteiger partial charge in [-0.3, -0.25) is 9.59 Å². The molecule has 1 saturated heterocycles. The van der Waals surface area contributed by atoms with Gasteiger partial charge in [0.1, 0.15) is 6.04 Å². The Labute approximate surface area is 137 Å². The minimum atomic E-state index is -0.687. The SMILES string of the molecule is CC(C)CC(=O)NC(C(=O)N1CCCC(O)C1)c1ccccc1. The highest BCUT2D eigenvalue weighted by Crippen LogP contribution is 2.20. The van der Waals surface area contributed by atoms with Crippen LogP contribution in [-0.2, 0) is 9.59 Å². The molecule has 2 N–H and O–H groups in total. The molecule has 5 nitrogen and oxygen atoms in total. The zero-order valence-electron chi connectivity index (χ0n) is 13.9. The van der Waals surface area contributed by atoms with Gasteiger partial charge >= 0.3 is 0 Å². The van der Waals surface area contributed by atoms with E-state index in [9.17, 15) is 14.7 Å². The number of likely N-dealkylation sites (tertiary alicyclic amines) is 1. The second-order valence-corrected chi connectivity index (χ2v) is 6.59. The summed E-state index contributed by atoms with van der Waals surface area (Å²) in [4.78, 5) is 26.7. The van der Waals surface area contributed by atoms with Gasteiger partial charge < -0.3 is 15.3 Å². The Hall–Kier alpha value is -1.88. The minimum absolute atomic E-state index is 0.125. The first-order valence-corrected chi connectivity index (χ1v) is 8.28. The number of carbonyl (C=O) groups excluding carboxylic acids is 2. The zero-order chi connectivity index (χ0) is 16.8. The van der Waals surface area contributed by atoms with Gasteiger partial charge in [0.15, 0.2) is 0 Å². The molecular weight excluding hydrogens is 292 g/mol. The van der Waals surface area contributed by atoms with Crippen molar-refractivity contribution in [3.8, 4) is 0 Å². The van der Waals surface area contributed by atoms with Crippen molar-refractivity contribution < 1.29 is 14.7 Å². The van der Waals surface area contributed by atoms with Crippen LogP contribution in [0.2, 0.25) is 0 Å². The molecule has 1 aromatic rings. The fourth-order valence-corrected chi connectivity index (χ4v) is 2.86. The number of carbonyl (C=O) groups is 2. The Morgan fingerprint density at radius 3 is 2.61 bits per heavy atom. The van der Waals surface area contributed by atoms with E-state index in [1.807, 2.05) is 44.2 Å². The van der Waals surface area contributed by atoms with Crippen LogP contribution in [0.25, 0.3) is 0 Å². The number of benzene rings is 1.